The summed E-state index contributed by atoms with van der Waals surface area (Å²) in [5.74, 6) is -1.59. The van der Waals surface area contributed by atoms with Crippen molar-refractivity contribution in [3.05, 3.63) is 71.7 Å². The van der Waals surface area contributed by atoms with Crippen LogP contribution in [0.3, 0.4) is 0 Å². The molecule has 1 saturated heterocycles. The molecule has 0 radical (unpaired) electrons. The van der Waals surface area contributed by atoms with E-state index in [1.54, 1.807) is 15.5 Å². The smallest absolute Gasteiger partial charge is 0.382 e. The molecule has 0 unspecified atom stereocenters. The van der Waals surface area contributed by atoms with Crippen molar-refractivity contribution >= 4 is 29.0 Å². The minimum absolute atomic E-state index is 0.0356. The Bertz CT molecular complexity index is 1620. The molecule has 0 aliphatic carbocycles. The molecule has 2 amide bonds. The highest BCUT2D eigenvalue weighted by molar-refractivity contribution is 6.04. The van der Waals surface area contributed by atoms with E-state index in [2.05, 4.69) is 15.3 Å². The number of pyridine rings is 1. The van der Waals surface area contributed by atoms with Crippen LogP contribution in [0, 0.1) is 5.82 Å². The number of aromatic nitrogens is 4. The second-order valence-corrected chi connectivity index (χ2v) is 9.54. The third-order valence-electron chi connectivity index (χ3n) is 6.83. The maximum atomic E-state index is 15.5. The van der Waals surface area contributed by atoms with Gasteiger partial charge in [0.2, 0.25) is 5.91 Å². The van der Waals surface area contributed by atoms with Crippen molar-refractivity contribution in [3.8, 4) is 11.3 Å². The molecule has 5 rings (SSSR count). The fraction of sp³-hybridized carbons (Fsp3) is 0.296. The number of ether oxygens (including phenoxy) is 1. The van der Waals surface area contributed by atoms with E-state index in [-0.39, 0.29) is 46.9 Å². The molecule has 41 heavy (non-hydrogen) atoms. The second-order valence-electron chi connectivity index (χ2n) is 9.54. The zero-order valence-corrected chi connectivity index (χ0v) is 21.8. The number of piperidine rings is 1. The minimum atomic E-state index is -4.62. The number of benzene rings is 1. The lowest BCUT2D eigenvalue weighted by molar-refractivity contribution is -0.138. The van der Waals surface area contributed by atoms with Crippen LogP contribution in [0.15, 0.2) is 48.9 Å². The molecule has 1 fully saturated rings. The lowest BCUT2D eigenvalue weighted by atomic mass is 9.97. The molecule has 3 aromatic heterocycles. The van der Waals surface area contributed by atoms with Crippen LogP contribution in [-0.2, 0) is 15.7 Å². The van der Waals surface area contributed by atoms with Crippen LogP contribution in [0.5, 0.6) is 0 Å². The van der Waals surface area contributed by atoms with Gasteiger partial charge in [-0.3, -0.25) is 14.0 Å². The SMILES string of the molecule is COCC(=O)N1CCC[C@@H](c2nc(-c3ccc(C(=O)Nc4cc(C(F)(F)F)ccn4)cc3F)c3c(N)nccn23)C1. The highest BCUT2D eigenvalue weighted by Crippen LogP contribution is 2.35. The van der Waals surface area contributed by atoms with E-state index in [4.69, 9.17) is 15.5 Å². The number of carbonyl (C=O) groups is 2. The molecule has 1 aliphatic heterocycles. The average molecular weight is 572 g/mol. The first-order chi connectivity index (χ1) is 19.6. The molecule has 4 heterocycles. The zero-order chi connectivity index (χ0) is 29.3. The van der Waals surface area contributed by atoms with Gasteiger partial charge >= 0.3 is 6.18 Å². The Hall–Kier alpha value is -4.59. The number of amides is 2. The molecule has 1 aliphatic rings. The largest absolute Gasteiger partial charge is 0.416 e. The van der Waals surface area contributed by atoms with E-state index in [9.17, 15) is 22.8 Å². The molecule has 0 bridgehead atoms. The van der Waals surface area contributed by atoms with Crippen molar-refractivity contribution in [3.63, 3.8) is 0 Å². The number of nitrogens with zero attached hydrogens (tertiary/aromatic N) is 5. The van der Waals surface area contributed by atoms with Crippen LogP contribution in [0.1, 0.15) is 40.5 Å². The Morgan fingerprint density at radius 2 is 1.98 bits per heavy atom. The number of rotatable bonds is 6. The number of nitrogens with one attached hydrogen (secondary N) is 1. The molecule has 0 spiro atoms. The fourth-order valence-corrected chi connectivity index (χ4v) is 4.90. The molecule has 0 saturated carbocycles. The number of imidazole rings is 1. The van der Waals surface area contributed by atoms with Gasteiger partial charge in [0.15, 0.2) is 0 Å². The highest BCUT2D eigenvalue weighted by Gasteiger charge is 2.32. The van der Waals surface area contributed by atoms with Crippen molar-refractivity contribution < 1.29 is 31.9 Å². The molecule has 4 aromatic rings. The monoisotopic (exact) mass is 571 g/mol. The summed E-state index contributed by atoms with van der Waals surface area (Å²) >= 11 is 0. The summed E-state index contributed by atoms with van der Waals surface area (Å²) in [4.78, 5) is 39.4. The van der Waals surface area contributed by atoms with Crippen LogP contribution in [0.2, 0.25) is 0 Å². The topological polar surface area (TPSA) is 128 Å². The molecular weight excluding hydrogens is 546 g/mol. The average Bonchev–Trinajstić information content (AvgIpc) is 3.33. The van der Waals surface area contributed by atoms with Crippen molar-refractivity contribution in [2.75, 3.05) is 37.9 Å². The van der Waals surface area contributed by atoms with Crippen molar-refractivity contribution in [2.24, 2.45) is 0 Å². The van der Waals surface area contributed by atoms with Gasteiger partial charge in [-0.2, -0.15) is 13.2 Å². The lowest BCUT2D eigenvalue weighted by Crippen LogP contribution is -2.41. The molecule has 3 N–H and O–H groups in total. The predicted molar refractivity (Wildman–Crippen MR) is 140 cm³/mol. The van der Waals surface area contributed by atoms with Crippen LogP contribution < -0.4 is 11.1 Å². The standard InChI is InChI=1S/C27H25F4N7O3/c1-41-14-21(39)37-9-2-3-16(13-37)25-36-22(23-24(32)34-8-10-38(23)25)18-5-4-15(11-19(18)28)26(40)35-20-12-17(6-7-33-20)27(29,30)31/h4-8,10-12,16H,2-3,9,13-14H2,1H3,(H2,32,34)(H,33,35,40)/t16-/m1/s1. The zero-order valence-electron chi connectivity index (χ0n) is 21.8. The highest BCUT2D eigenvalue weighted by atomic mass is 19.4. The maximum Gasteiger partial charge on any atom is 0.416 e. The third kappa shape index (κ3) is 5.68. The van der Waals surface area contributed by atoms with E-state index in [0.29, 0.717) is 30.5 Å². The van der Waals surface area contributed by atoms with Crippen LogP contribution in [0.4, 0.5) is 29.2 Å². The molecule has 10 nitrogen and oxygen atoms in total. The molecule has 214 valence electrons. The summed E-state index contributed by atoms with van der Waals surface area (Å²) in [7, 11) is 1.45. The summed E-state index contributed by atoms with van der Waals surface area (Å²) in [5, 5.41) is 2.26. The number of hydrogen-bond acceptors (Lipinski definition) is 7. The number of nitrogens with two attached hydrogens (primary N) is 1. The molecule has 14 heteroatoms. The van der Waals surface area contributed by atoms with Gasteiger partial charge in [-0.05, 0) is 43.2 Å². The van der Waals surface area contributed by atoms with Crippen molar-refractivity contribution in [2.45, 2.75) is 24.9 Å². The van der Waals surface area contributed by atoms with Gasteiger partial charge in [-0.15, -0.1) is 0 Å². The quantitative estimate of drug-likeness (QED) is 0.333. The minimum Gasteiger partial charge on any atom is -0.382 e. The first kappa shape index (κ1) is 28.0. The van der Waals surface area contributed by atoms with Gasteiger partial charge in [0.05, 0.1) is 5.56 Å². The number of methoxy groups -OCH3 is 1. The molecular formula is C27H25F4N7O3. The van der Waals surface area contributed by atoms with Gasteiger partial charge in [-0.1, -0.05) is 0 Å². The Morgan fingerprint density at radius 3 is 2.71 bits per heavy atom. The van der Waals surface area contributed by atoms with E-state index in [0.717, 1.165) is 31.2 Å². The summed E-state index contributed by atoms with van der Waals surface area (Å²) in [6, 6.07) is 5.09. The Balaban J connectivity index is 1.46. The predicted octanol–water partition coefficient (Wildman–Crippen LogP) is 4.14. The summed E-state index contributed by atoms with van der Waals surface area (Å²) < 4.78 is 61.2. The number of nitrogen functional groups attached to an aromatic ring is 1. The number of alkyl halides is 3. The summed E-state index contributed by atoms with van der Waals surface area (Å²) in [6.07, 6.45) is 0.941. The second kappa shape index (κ2) is 11.1. The Labute approximate surface area is 231 Å². The number of carbonyl (C=O) groups excluding carboxylic acids is 2. The van der Waals surface area contributed by atoms with E-state index in [1.807, 2.05) is 0 Å². The van der Waals surface area contributed by atoms with E-state index < -0.39 is 23.5 Å². The lowest BCUT2D eigenvalue weighted by Gasteiger charge is -2.32. The summed E-state index contributed by atoms with van der Waals surface area (Å²) in [5.41, 5.74) is 5.68. The third-order valence-corrected chi connectivity index (χ3v) is 6.83. The van der Waals surface area contributed by atoms with Gasteiger partial charge in [0.1, 0.15) is 41.1 Å². The number of halogens is 4. The first-order valence-electron chi connectivity index (χ1n) is 12.6. The van der Waals surface area contributed by atoms with Crippen molar-refractivity contribution in [1.29, 1.82) is 0 Å². The van der Waals surface area contributed by atoms with Gasteiger partial charge in [0.25, 0.3) is 5.91 Å². The van der Waals surface area contributed by atoms with Gasteiger partial charge in [-0.25, -0.2) is 19.3 Å². The molecule has 1 aromatic carbocycles. The molecule has 1 atom stereocenters. The number of hydrogen-bond donors (Lipinski definition) is 2. The van der Waals surface area contributed by atoms with E-state index in [1.165, 1.54) is 25.4 Å². The maximum absolute atomic E-state index is 15.5. The number of anilines is 2. The first-order valence-corrected chi connectivity index (χ1v) is 12.6. The van der Waals surface area contributed by atoms with Crippen LogP contribution in [-0.4, -0.2) is 62.9 Å². The van der Waals surface area contributed by atoms with Crippen molar-refractivity contribution in [1.82, 2.24) is 24.3 Å². The van der Waals surface area contributed by atoms with Gasteiger partial charge in [0, 0.05) is 55.8 Å². The fourth-order valence-electron chi connectivity index (χ4n) is 4.90. The van der Waals surface area contributed by atoms with Gasteiger partial charge < -0.3 is 20.7 Å². The normalized spacial score (nSPS) is 15.7. The van der Waals surface area contributed by atoms with Crippen LogP contribution in [0.25, 0.3) is 16.8 Å². The number of likely N-dealkylation sites (tertiary alicyclic amines) is 1. The van der Waals surface area contributed by atoms with E-state index >= 15 is 4.39 Å². The summed E-state index contributed by atoms with van der Waals surface area (Å²) in [6.45, 7) is 0.951. The van der Waals surface area contributed by atoms with Crippen LogP contribution >= 0.6 is 0 Å². The Kier molecular flexibility index (Phi) is 7.58. The number of fused-ring (bicyclic) bond motifs is 1. The Morgan fingerprint density at radius 1 is 1.17 bits per heavy atom.